The molecule has 4 nitrogen and oxygen atoms in total. The Labute approximate surface area is 114 Å². The Hall–Kier alpha value is -2.52. The van der Waals surface area contributed by atoms with Crippen LogP contribution in [0.5, 0.6) is 0 Å². The fraction of sp³-hybridized carbons (Fsp3) is 0.143. The average molecular weight is 275 g/mol. The van der Waals surface area contributed by atoms with E-state index in [1.54, 1.807) is 12.1 Å². The van der Waals surface area contributed by atoms with Crippen molar-refractivity contribution >= 4 is 5.82 Å². The molecule has 1 aromatic heterocycles. The highest BCUT2D eigenvalue weighted by Crippen LogP contribution is 2.21. The lowest BCUT2D eigenvalue weighted by Crippen LogP contribution is -2.16. The Morgan fingerprint density at radius 2 is 1.95 bits per heavy atom. The molecule has 0 spiro atoms. The van der Waals surface area contributed by atoms with Crippen LogP contribution in [0.25, 0.3) is 0 Å². The Kier molecular flexibility index (Phi) is 4.23. The SMILES string of the molecule is N#Cc1cccnc1NCC(O)c1c(F)cccc1F. The second-order valence-electron chi connectivity index (χ2n) is 4.04. The molecule has 0 amide bonds. The standard InChI is InChI=1S/C14H11F2N3O/c15-10-4-1-5-11(16)13(10)12(20)8-19-14-9(7-17)3-2-6-18-14/h1-6,12,20H,8H2,(H,18,19). The molecule has 0 aliphatic heterocycles. The Balaban J connectivity index is 2.13. The molecule has 1 unspecified atom stereocenters. The Bertz CT molecular complexity index is 635. The van der Waals surface area contributed by atoms with Crippen molar-refractivity contribution in [2.24, 2.45) is 0 Å². The van der Waals surface area contributed by atoms with E-state index in [4.69, 9.17) is 5.26 Å². The van der Waals surface area contributed by atoms with Gasteiger partial charge in [-0.05, 0) is 24.3 Å². The molecule has 0 bridgehead atoms. The number of nitrogens with one attached hydrogen (secondary N) is 1. The first kappa shape index (κ1) is 13.9. The number of aromatic nitrogens is 1. The van der Waals surface area contributed by atoms with E-state index in [2.05, 4.69) is 10.3 Å². The first-order valence-corrected chi connectivity index (χ1v) is 5.84. The van der Waals surface area contributed by atoms with Crippen LogP contribution in [-0.2, 0) is 0 Å². The van der Waals surface area contributed by atoms with Gasteiger partial charge in [-0.25, -0.2) is 13.8 Å². The quantitative estimate of drug-likeness (QED) is 0.898. The minimum atomic E-state index is -1.38. The Morgan fingerprint density at radius 1 is 1.25 bits per heavy atom. The van der Waals surface area contributed by atoms with Gasteiger partial charge in [0.2, 0.25) is 0 Å². The van der Waals surface area contributed by atoms with Gasteiger partial charge in [-0.3, -0.25) is 0 Å². The van der Waals surface area contributed by atoms with Crippen molar-refractivity contribution in [3.8, 4) is 6.07 Å². The third-order valence-electron chi connectivity index (χ3n) is 2.72. The second-order valence-corrected chi connectivity index (χ2v) is 4.04. The van der Waals surface area contributed by atoms with Gasteiger partial charge in [0, 0.05) is 12.7 Å². The van der Waals surface area contributed by atoms with E-state index in [0.29, 0.717) is 0 Å². The molecule has 0 aliphatic carbocycles. The monoisotopic (exact) mass is 275 g/mol. The van der Waals surface area contributed by atoms with E-state index >= 15 is 0 Å². The highest BCUT2D eigenvalue weighted by atomic mass is 19.1. The predicted octanol–water partition coefficient (Wildman–Crippen LogP) is 2.38. The van der Waals surface area contributed by atoms with Crippen LogP contribution in [-0.4, -0.2) is 16.6 Å². The molecule has 2 aromatic rings. The fourth-order valence-corrected chi connectivity index (χ4v) is 1.76. The fourth-order valence-electron chi connectivity index (χ4n) is 1.76. The van der Waals surface area contributed by atoms with Gasteiger partial charge in [-0.1, -0.05) is 6.07 Å². The molecule has 0 saturated carbocycles. The molecule has 2 N–H and O–H groups in total. The van der Waals surface area contributed by atoms with Crippen LogP contribution in [0, 0.1) is 23.0 Å². The number of pyridine rings is 1. The highest BCUT2D eigenvalue weighted by molar-refractivity contribution is 5.51. The summed E-state index contributed by atoms with van der Waals surface area (Å²) < 4.78 is 27.0. The molecular formula is C14H11F2N3O. The number of anilines is 1. The molecule has 6 heteroatoms. The van der Waals surface area contributed by atoms with Crippen molar-refractivity contribution in [2.75, 3.05) is 11.9 Å². The maximum Gasteiger partial charge on any atom is 0.143 e. The normalized spacial score (nSPS) is 11.7. The molecule has 1 heterocycles. The van der Waals surface area contributed by atoms with Crippen molar-refractivity contribution < 1.29 is 13.9 Å². The number of hydrogen-bond donors (Lipinski definition) is 2. The van der Waals surface area contributed by atoms with Crippen LogP contribution in [0.1, 0.15) is 17.2 Å². The van der Waals surface area contributed by atoms with Gasteiger partial charge in [0.05, 0.1) is 11.1 Å². The smallest absolute Gasteiger partial charge is 0.143 e. The second kappa shape index (κ2) is 6.08. The zero-order valence-electron chi connectivity index (χ0n) is 10.3. The summed E-state index contributed by atoms with van der Waals surface area (Å²) in [6.45, 7) is -0.163. The summed E-state index contributed by atoms with van der Waals surface area (Å²) in [5.74, 6) is -1.38. The van der Waals surface area contributed by atoms with Crippen molar-refractivity contribution in [1.82, 2.24) is 4.98 Å². The largest absolute Gasteiger partial charge is 0.386 e. The molecule has 0 radical (unpaired) electrons. The summed E-state index contributed by atoms with van der Waals surface area (Å²) in [6, 6.07) is 8.44. The third-order valence-corrected chi connectivity index (χ3v) is 2.72. The van der Waals surface area contributed by atoms with Crippen molar-refractivity contribution in [3.63, 3.8) is 0 Å². The summed E-state index contributed by atoms with van der Waals surface area (Å²) in [4.78, 5) is 3.93. The molecular weight excluding hydrogens is 264 g/mol. The molecule has 102 valence electrons. The lowest BCUT2D eigenvalue weighted by Gasteiger charge is -2.14. The first-order valence-electron chi connectivity index (χ1n) is 5.84. The van der Waals surface area contributed by atoms with Gasteiger partial charge in [0.25, 0.3) is 0 Å². The zero-order valence-corrected chi connectivity index (χ0v) is 10.3. The van der Waals surface area contributed by atoms with E-state index in [1.165, 1.54) is 12.3 Å². The first-order chi connectivity index (χ1) is 9.63. The molecule has 1 aromatic carbocycles. The number of nitrogens with zero attached hydrogens (tertiary/aromatic N) is 2. The average Bonchev–Trinajstić information content (AvgIpc) is 2.45. The molecule has 0 aliphatic rings. The maximum atomic E-state index is 13.5. The van der Waals surface area contributed by atoms with Gasteiger partial charge in [-0.2, -0.15) is 5.26 Å². The van der Waals surface area contributed by atoms with Crippen LogP contribution in [0.3, 0.4) is 0 Å². The maximum absolute atomic E-state index is 13.5. The van der Waals surface area contributed by atoms with E-state index in [1.807, 2.05) is 6.07 Å². The number of rotatable bonds is 4. The van der Waals surface area contributed by atoms with Crippen LogP contribution in [0.15, 0.2) is 36.5 Å². The number of hydrogen-bond acceptors (Lipinski definition) is 4. The third kappa shape index (κ3) is 2.90. The summed E-state index contributed by atoms with van der Waals surface area (Å²) in [6.07, 6.45) is 0.0870. The minimum absolute atomic E-state index is 0.163. The van der Waals surface area contributed by atoms with Crippen molar-refractivity contribution in [1.29, 1.82) is 5.26 Å². The van der Waals surface area contributed by atoms with Gasteiger partial charge >= 0.3 is 0 Å². The summed E-state index contributed by atoms with van der Waals surface area (Å²) in [7, 11) is 0. The lowest BCUT2D eigenvalue weighted by molar-refractivity contribution is 0.181. The number of nitriles is 1. The number of halogens is 2. The summed E-state index contributed by atoms with van der Waals surface area (Å²) in [5.41, 5.74) is -0.122. The van der Waals surface area contributed by atoms with E-state index in [9.17, 15) is 13.9 Å². The Morgan fingerprint density at radius 3 is 2.60 bits per heavy atom. The zero-order chi connectivity index (χ0) is 14.5. The lowest BCUT2D eigenvalue weighted by atomic mass is 10.1. The van der Waals surface area contributed by atoms with Crippen LogP contribution >= 0.6 is 0 Å². The van der Waals surface area contributed by atoms with Gasteiger partial charge in [0.1, 0.15) is 29.6 Å². The van der Waals surface area contributed by atoms with Crippen LogP contribution < -0.4 is 5.32 Å². The highest BCUT2D eigenvalue weighted by Gasteiger charge is 2.18. The van der Waals surface area contributed by atoms with Crippen LogP contribution in [0.4, 0.5) is 14.6 Å². The number of aliphatic hydroxyl groups is 1. The van der Waals surface area contributed by atoms with Crippen molar-refractivity contribution in [3.05, 3.63) is 59.3 Å². The van der Waals surface area contributed by atoms with Crippen molar-refractivity contribution in [2.45, 2.75) is 6.10 Å². The van der Waals surface area contributed by atoms with Crippen LogP contribution in [0.2, 0.25) is 0 Å². The van der Waals surface area contributed by atoms with E-state index < -0.39 is 23.3 Å². The summed E-state index contributed by atoms with van der Waals surface area (Å²) in [5, 5.41) is 21.4. The number of aliphatic hydroxyl groups excluding tert-OH is 1. The molecule has 0 fully saturated rings. The molecule has 0 saturated heterocycles. The van der Waals surface area contributed by atoms with Gasteiger partial charge in [0.15, 0.2) is 0 Å². The topological polar surface area (TPSA) is 68.9 Å². The van der Waals surface area contributed by atoms with E-state index in [-0.39, 0.29) is 17.9 Å². The molecule has 20 heavy (non-hydrogen) atoms. The number of benzene rings is 1. The minimum Gasteiger partial charge on any atom is -0.386 e. The molecule has 2 rings (SSSR count). The summed E-state index contributed by atoms with van der Waals surface area (Å²) >= 11 is 0. The van der Waals surface area contributed by atoms with Gasteiger partial charge < -0.3 is 10.4 Å². The van der Waals surface area contributed by atoms with E-state index in [0.717, 1.165) is 12.1 Å². The predicted molar refractivity (Wildman–Crippen MR) is 68.8 cm³/mol. The molecule has 1 atom stereocenters. The van der Waals surface area contributed by atoms with Gasteiger partial charge in [-0.15, -0.1) is 0 Å².